The number of piperidine rings is 1. The van der Waals surface area contributed by atoms with Crippen molar-refractivity contribution in [3.8, 4) is 17.3 Å². The van der Waals surface area contributed by atoms with Crippen LogP contribution in [0.2, 0.25) is 0 Å². The molecule has 2 saturated heterocycles. The molecule has 6 rings (SSSR count). The first kappa shape index (κ1) is 20.0. The molecular formula is C24H27N7O2. The topological polar surface area (TPSA) is 98.0 Å². The maximum absolute atomic E-state index is 6.23. The van der Waals surface area contributed by atoms with Crippen LogP contribution >= 0.6 is 0 Å². The monoisotopic (exact) mass is 445 g/mol. The smallest absolute Gasteiger partial charge is 0.225 e. The summed E-state index contributed by atoms with van der Waals surface area (Å²) in [6.45, 7) is 4.70. The van der Waals surface area contributed by atoms with E-state index in [0.717, 1.165) is 50.8 Å². The van der Waals surface area contributed by atoms with E-state index in [0.29, 0.717) is 35.1 Å². The van der Waals surface area contributed by atoms with Crippen molar-refractivity contribution in [1.29, 1.82) is 0 Å². The lowest BCUT2D eigenvalue weighted by Gasteiger charge is -2.46. The number of nitrogens with zero attached hydrogens (tertiary/aromatic N) is 6. The van der Waals surface area contributed by atoms with Gasteiger partial charge in [-0.15, -0.1) is 5.10 Å². The van der Waals surface area contributed by atoms with Crippen LogP contribution in [0.15, 0.2) is 59.2 Å². The van der Waals surface area contributed by atoms with Crippen LogP contribution in [0.5, 0.6) is 5.75 Å². The summed E-state index contributed by atoms with van der Waals surface area (Å²) in [6.07, 6.45) is 3.94. The van der Waals surface area contributed by atoms with Gasteiger partial charge in [-0.1, -0.05) is 18.2 Å². The predicted octanol–water partition coefficient (Wildman–Crippen LogP) is 2.95. The number of hydrogen-bond donors (Lipinski definition) is 1. The highest BCUT2D eigenvalue weighted by Gasteiger charge is 2.33. The largest absolute Gasteiger partial charge is 0.493 e. The fourth-order valence-corrected chi connectivity index (χ4v) is 4.90. The number of benzene rings is 1. The van der Waals surface area contributed by atoms with E-state index < -0.39 is 0 Å². The number of nitrogens with two attached hydrogens (primary N) is 1. The van der Waals surface area contributed by atoms with Gasteiger partial charge in [-0.05, 0) is 37.1 Å². The zero-order valence-corrected chi connectivity index (χ0v) is 18.4. The molecule has 0 saturated carbocycles. The Balaban J connectivity index is 1.12. The molecule has 2 fully saturated rings. The second kappa shape index (κ2) is 8.40. The number of nitrogen functional groups attached to an aromatic ring is 1. The Bertz CT molecular complexity index is 1220. The van der Waals surface area contributed by atoms with E-state index in [1.54, 1.807) is 10.8 Å². The molecule has 9 heteroatoms. The van der Waals surface area contributed by atoms with Crippen molar-refractivity contribution >= 4 is 17.4 Å². The lowest BCUT2D eigenvalue weighted by Crippen LogP contribution is -2.57. The maximum atomic E-state index is 6.23. The molecule has 0 aliphatic carbocycles. The summed E-state index contributed by atoms with van der Waals surface area (Å²) < 4.78 is 13.0. The van der Waals surface area contributed by atoms with E-state index >= 15 is 0 Å². The Labute approximate surface area is 191 Å². The number of furan rings is 1. The van der Waals surface area contributed by atoms with E-state index in [4.69, 9.17) is 14.9 Å². The van der Waals surface area contributed by atoms with Gasteiger partial charge in [-0.25, -0.2) is 4.98 Å². The van der Waals surface area contributed by atoms with Crippen LogP contribution in [0.25, 0.3) is 17.2 Å². The molecule has 0 spiro atoms. The summed E-state index contributed by atoms with van der Waals surface area (Å²) in [5.74, 6) is 3.82. The van der Waals surface area contributed by atoms with Gasteiger partial charge in [-0.2, -0.15) is 9.50 Å². The van der Waals surface area contributed by atoms with Gasteiger partial charge in [0.15, 0.2) is 11.4 Å². The van der Waals surface area contributed by atoms with Gasteiger partial charge in [0.05, 0.1) is 12.9 Å². The number of rotatable bonds is 5. The minimum Gasteiger partial charge on any atom is -0.493 e. The molecule has 0 radical (unpaired) electrons. The van der Waals surface area contributed by atoms with Gasteiger partial charge in [0.2, 0.25) is 11.8 Å². The highest BCUT2D eigenvalue weighted by atomic mass is 16.5. The molecule has 2 N–H and O–H groups in total. The summed E-state index contributed by atoms with van der Waals surface area (Å²) in [4.78, 5) is 14.1. The van der Waals surface area contributed by atoms with Gasteiger partial charge in [0.25, 0.3) is 0 Å². The zero-order chi connectivity index (χ0) is 22.2. The first-order valence-corrected chi connectivity index (χ1v) is 11.5. The molecule has 5 heterocycles. The van der Waals surface area contributed by atoms with Crippen molar-refractivity contribution in [2.45, 2.75) is 18.9 Å². The number of para-hydroxylation sites is 1. The van der Waals surface area contributed by atoms with Crippen LogP contribution < -0.4 is 15.4 Å². The predicted molar refractivity (Wildman–Crippen MR) is 125 cm³/mol. The molecule has 1 aromatic carbocycles. The third-order valence-electron chi connectivity index (χ3n) is 6.64. The lowest BCUT2D eigenvalue weighted by atomic mass is 9.91. The first-order valence-electron chi connectivity index (χ1n) is 11.5. The Hall–Kier alpha value is -3.59. The van der Waals surface area contributed by atoms with E-state index in [-0.39, 0.29) is 0 Å². The van der Waals surface area contributed by atoms with Crippen LogP contribution in [0.3, 0.4) is 0 Å². The number of fused-ring (bicyclic) bond motifs is 2. The van der Waals surface area contributed by atoms with Gasteiger partial charge >= 0.3 is 0 Å². The minimum atomic E-state index is 0.331. The van der Waals surface area contributed by atoms with Gasteiger partial charge in [-0.3, -0.25) is 4.90 Å². The number of aromatic nitrogens is 4. The molecule has 0 amide bonds. The SMILES string of the molecule is Nc1nc(N2CCN3CC(COc4ccccc4)CCC3C2)cc2nc(-c3ccco3)nn12. The van der Waals surface area contributed by atoms with Crippen LogP contribution in [-0.2, 0) is 0 Å². The third kappa shape index (κ3) is 4.00. The van der Waals surface area contributed by atoms with Crippen molar-refractivity contribution in [2.75, 3.05) is 43.4 Å². The minimum absolute atomic E-state index is 0.331. The molecule has 4 aromatic rings. The van der Waals surface area contributed by atoms with Gasteiger partial charge < -0.3 is 19.8 Å². The molecule has 33 heavy (non-hydrogen) atoms. The van der Waals surface area contributed by atoms with Gasteiger partial charge in [0.1, 0.15) is 11.6 Å². The first-order chi connectivity index (χ1) is 16.2. The maximum Gasteiger partial charge on any atom is 0.225 e. The molecule has 0 bridgehead atoms. The van der Waals surface area contributed by atoms with Crippen molar-refractivity contribution in [2.24, 2.45) is 5.92 Å². The standard InChI is InChI=1S/C24H27N7O2/c25-24-27-21(13-22-26-23(28-31(22)24)20-7-4-12-32-20)30-11-10-29-14-17(8-9-18(29)15-30)16-33-19-5-2-1-3-6-19/h1-7,12-13,17-18H,8-11,14-16H2,(H2,25,27). The normalized spacial score (nSPS) is 21.3. The average Bonchev–Trinajstić information content (AvgIpc) is 3.53. The Morgan fingerprint density at radius 1 is 1.03 bits per heavy atom. The summed E-state index contributed by atoms with van der Waals surface area (Å²) in [7, 11) is 0. The highest BCUT2D eigenvalue weighted by Crippen LogP contribution is 2.29. The molecule has 3 aromatic heterocycles. The molecule has 2 aliphatic heterocycles. The summed E-state index contributed by atoms with van der Waals surface area (Å²) >= 11 is 0. The molecule has 170 valence electrons. The molecule has 2 atom stereocenters. The molecule has 2 unspecified atom stereocenters. The van der Waals surface area contributed by atoms with Crippen LogP contribution in [-0.4, -0.2) is 63.3 Å². The fourth-order valence-electron chi connectivity index (χ4n) is 4.90. The van der Waals surface area contributed by atoms with Crippen LogP contribution in [0, 0.1) is 5.92 Å². The van der Waals surface area contributed by atoms with Crippen LogP contribution in [0.1, 0.15) is 12.8 Å². The van der Waals surface area contributed by atoms with E-state index in [2.05, 4.69) is 24.9 Å². The van der Waals surface area contributed by atoms with E-state index in [1.165, 1.54) is 6.42 Å². The van der Waals surface area contributed by atoms with E-state index in [9.17, 15) is 0 Å². The van der Waals surface area contributed by atoms with E-state index in [1.807, 2.05) is 48.5 Å². The summed E-state index contributed by atoms with van der Waals surface area (Å²) in [5.41, 5.74) is 6.90. The average molecular weight is 446 g/mol. The molecular weight excluding hydrogens is 418 g/mol. The number of hydrogen-bond acceptors (Lipinski definition) is 8. The summed E-state index contributed by atoms with van der Waals surface area (Å²) in [5, 5.41) is 4.44. The molecule has 9 nitrogen and oxygen atoms in total. The van der Waals surface area contributed by atoms with Crippen molar-refractivity contribution in [1.82, 2.24) is 24.5 Å². The fraction of sp³-hybridized carbons (Fsp3) is 0.375. The second-order valence-electron chi connectivity index (χ2n) is 8.82. The molecule has 2 aliphatic rings. The van der Waals surface area contributed by atoms with Crippen molar-refractivity contribution in [3.05, 3.63) is 54.8 Å². The van der Waals surface area contributed by atoms with Crippen molar-refractivity contribution in [3.63, 3.8) is 0 Å². The summed E-state index contributed by atoms with van der Waals surface area (Å²) in [6, 6.07) is 16.2. The number of anilines is 2. The lowest BCUT2D eigenvalue weighted by molar-refractivity contribution is 0.0728. The third-order valence-corrected chi connectivity index (χ3v) is 6.64. The Morgan fingerprint density at radius 2 is 1.94 bits per heavy atom. The Morgan fingerprint density at radius 3 is 2.79 bits per heavy atom. The number of piperazine rings is 1. The highest BCUT2D eigenvalue weighted by molar-refractivity contribution is 5.59. The van der Waals surface area contributed by atoms with Gasteiger partial charge in [0, 0.05) is 44.2 Å². The zero-order valence-electron chi connectivity index (χ0n) is 18.4. The van der Waals surface area contributed by atoms with Crippen molar-refractivity contribution < 1.29 is 9.15 Å². The Kier molecular flexibility index (Phi) is 5.10. The quantitative estimate of drug-likeness (QED) is 0.501. The second-order valence-corrected chi connectivity index (χ2v) is 8.82. The number of ether oxygens (including phenoxy) is 1. The van der Waals surface area contributed by atoms with Crippen LogP contribution in [0.4, 0.5) is 11.8 Å².